The molecule has 1 unspecified atom stereocenters. The fourth-order valence-electron chi connectivity index (χ4n) is 3.01. The first kappa shape index (κ1) is 23.7. The summed E-state index contributed by atoms with van der Waals surface area (Å²) in [5.41, 5.74) is 3.30. The van der Waals surface area contributed by atoms with Gasteiger partial charge < -0.3 is 19.8 Å². The van der Waals surface area contributed by atoms with Crippen LogP contribution in [0.25, 0.3) is 5.65 Å². The van der Waals surface area contributed by atoms with E-state index in [-0.39, 0.29) is 30.1 Å². The third kappa shape index (κ3) is 7.29. The van der Waals surface area contributed by atoms with Crippen LogP contribution in [0.4, 0.5) is 0 Å². The lowest BCUT2D eigenvalue weighted by molar-refractivity contribution is 0.0258. The molecule has 27 heavy (non-hydrogen) atoms. The van der Waals surface area contributed by atoms with Gasteiger partial charge in [0, 0.05) is 45.6 Å². The van der Waals surface area contributed by atoms with Crippen LogP contribution in [0.1, 0.15) is 38.4 Å². The summed E-state index contributed by atoms with van der Waals surface area (Å²) in [4.78, 5) is 9.00. The number of fused-ring (bicyclic) bond motifs is 1. The third-order valence-corrected chi connectivity index (χ3v) is 4.47. The molecule has 152 valence electrons. The first-order valence-electron chi connectivity index (χ1n) is 9.54. The number of hydrogen-bond acceptors (Lipinski definition) is 3. The summed E-state index contributed by atoms with van der Waals surface area (Å²) in [6.07, 6.45) is 6.24. The summed E-state index contributed by atoms with van der Waals surface area (Å²) in [5.74, 6) is 1.34. The lowest BCUT2D eigenvalue weighted by atomic mass is 10.0. The van der Waals surface area contributed by atoms with Crippen molar-refractivity contribution in [3.8, 4) is 0 Å². The summed E-state index contributed by atoms with van der Waals surface area (Å²) in [6.45, 7) is 10.9. The summed E-state index contributed by atoms with van der Waals surface area (Å²) in [6, 6.07) is 4.13. The number of pyridine rings is 1. The number of hydrogen-bond donors (Lipinski definition) is 2. The highest BCUT2D eigenvalue weighted by Crippen LogP contribution is 2.11. The van der Waals surface area contributed by atoms with Crippen molar-refractivity contribution < 1.29 is 4.74 Å². The molecule has 0 aromatic carbocycles. The molecule has 1 atom stereocenters. The van der Waals surface area contributed by atoms with Gasteiger partial charge in [-0.2, -0.15) is 0 Å². The van der Waals surface area contributed by atoms with Crippen molar-refractivity contribution in [3.05, 3.63) is 35.8 Å². The molecule has 2 aromatic heterocycles. The average molecular weight is 487 g/mol. The van der Waals surface area contributed by atoms with Crippen LogP contribution in [0.5, 0.6) is 0 Å². The van der Waals surface area contributed by atoms with E-state index < -0.39 is 0 Å². The number of nitrogens with one attached hydrogen (secondary N) is 2. The van der Waals surface area contributed by atoms with E-state index in [2.05, 4.69) is 53.1 Å². The fourth-order valence-corrected chi connectivity index (χ4v) is 3.01. The number of imidazole rings is 1. The van der Waals surface area contributed by atoms with Crippen LogP contribution < -0.4 is 10.6 Å². The molecule has 2 rings (SSSR count). The second kappa shape index (κ2) is 12.2. The van der Waals surface area contributed by atoms with Crippen molar-refractivity contribution >= 4 is 35.6 Å². The molecule has 6 nitrogen and oxygen atoms in total. The maximum atomic E-state index is 5.79. The number of aliphatic imine (C=N–C) groups is 1. The Morgan fingerprint density at radius 3 is 2.67 bits per heavy atom. The zero-order valence-corrected chi connectivity index (χ0v) is 19.5. The molecule has 0 aliphatic carbocycles. The molecule has 7 heteroatoms. The molecule has 2 N–H and O–H groups in total. The highest BCUT2D eigenvalue weighted by atomic mass is 127. The molecular formula is C20H34IN5O. The number of nitrogens with zero attached hydrogens (tertiary/aromatic N) is 3. The first-order valence-corrected chi connectivity index (χ1v) is 9.54. The zero-order chi connectivity index (χ0) is 18.9. The van der Waals surface area contributed by atoms with Crippen molar-refractivity contribution in [1.82, 2.24) is 20.0 Å². The molecule has 0 radical (unpaired) electrons. The smallest absolute Gasteiger partial charge is 0.190 e. The van der Waals surface area contributed by atoms with Gasteiger partial charge in [0.05, 0.1) is 11.8 Å². The van der Waals surface area contributed by atoms with Crippen molar-refractivity contribution in [2.45, 2.75) is 46.6 Å². The van der Waals surface area contributed by atoms with Crippen molar-refractivity contribution in [3.63, 3.8) is 0 Å². The van der Waals surface area contributed by atoms with Crippen LogP contribution in [0.15, 0.2) is 29.5 Å². The Bertz CT molecular complexity index is 713. The topological polar surface area (TPSA) is 63.0 Å². The minimum atomic E-state index is 0. The van der Waals surface area contributed by atoms with Gasteiger partial charge in [0.15, 0.2) is 5.96 Å². The van der Waals surface area contributed by atoms with E-state index in [0.29, 0.717) is 5.92 Å². The number of rotatable bonds is 9. The first-order chi connectivity index (χ1) is 12.5. The second-order valence-electron chi connectivity index (χ2n) is 6.86. The Morgan fingerprint density at radius 1 is 1.30 bits per heavy atom. The van der Waals surface area contributed by atoms with Crippen molar-refractivity contribution in [1.29, 1.82) is 0 Å². The van der Waals surface area contributed by atoms with E-state index in [1.54, 1.807) is 7.05 Å². The van der Waals surface area contributed by atoms with Gasteiger partial charge in [-0.25, -0.2) is 4.98 Å². The normalized spacial score (nSPS) is 12.9. The van der Waals surface area contributed by atoms with Crippen LogP contribution in [0, 0.1) is 12.8 Å². The van der Waals surface area contributed by atoms with E-state index >= 15 is 0 Å². The van der Waals surface area contributed by atoms with Crippen LogP contribution in [-0.2, 0) is 11.2 Å². The van der Waals surface area contributed by atoms with E-state index in [1.165, 1.54) is 5.56 Å². The molecule has 2 aromatic rings. The Balaban J connectivity index is 0.00000364. The number of aryl methyl sites for hydroxylation is 1. The van der Waals surface area contributed by atoms with Gasteiger partial charge in [0.1, 0.15) is 5.65 Å². The minimum Gasteiger partial charge on any atom is -0.378 e. The van der Waals surface area contributed by atoms with Gasteiger partial charge in [-0.15, -0.1) is 24.0 Å². The largest absolute Gasteiger partial charge is 0.378 e. The van der Waals surface area contributed by atoms with E-state index in [1.807, 2.05) is 19.2 Å². The Morgan fingerprint density at radius 2 is 2.04 bits per heavy atom. The molecule has 0 amide bonds. The maximum absolute atomic E-state index is 5.79. The summed E-state index contributed by atoms with van der Waals surface area (Å²) >= 11 is 0. The van der Waals surface area contributed by atoms with Crippen LogP contribution >= 0.6 is 24.0 Å². The molecule has 2 heterocycles. The van der Waals surface area contributed by atoms with Gasteiger partial charge in [-0.3, -0.25) is 4.99 Å². The van der Waals surface area contributed by atoms with E-state index in [0.717, 1.165) is 49.8 Å². The van der Waals surface area contributed by atoms with Crippen LogP contribution in [0.2, 0.25) is 0 Å². The quantitative estimate of drug-likeness (QED) is 0.323. The highest BCUT2D eigenvalue weighted by molar-refractivity contribution is 14.0. The monoisotopic (exact) mass is 487 g/mol. The zero-order valence-electron chi connectivity index (χ0n) is 17.2. The van der Waals surface area contributed by atoms with E-state index in [9.17, 15) is 0 Å². The predicted octanol–water partition coefficient (Wildman–Crippen LogP) is 3.42. The molecule has 0 fully saturated rings. The number of halogens is 1. The van der Waals surface area contributed by atoms with Gasteiger partial charge in [0.25, 0.3) is 0 Å². The molecule has 0 aliphatic heterocycles. The lowest BCUT2D eigenvalue weighted by Crippen LogP contribution is -2.40. The maximum Gasteiger partial charge on any atom is 0.190 e. The van der Waals surface area contributed by atoms with Crippen LogP contribution in [0.3, 0.4) is 0 Å². The molecule has 0 spiro atoms. The number of guanidine groups is 1. The lowest BCUT2D eigenvalue weighted by Gasteiger charge is -2.21. The molecule has 0 saturated carbocycles. The van der Waals surface area contributed by atoms with Crippen molar-refractivity contribution in [2.24, 2.45) is 10.9 Å². The number of ether oxygens (including phenoxy) is 1. The van der Waals surface area contributed by atoms with E-state index in [4.69, 9.17) is 9.72 Å². The standard InChI is InChI=1S/C20H33N5O.HI/c1-6-26-18(15(2)3)10-12-23-20(21-5)22-11-9-17-14-25-13-7-8-16(4)19(25)24-17;/h7-8,13-15,18H,6,9-12H2,1-5H3,(H2,21,22,23);1H. The van der Waals surface area contributed by atoms with Crippen LogP contribution in [-0.4, -0.2) is 48.2 Å². The third-order valence-electron chi connectivity index (χ3n) is 4.47. The van der Waals surface area contributed by atoms with Gasteiger partial charge in [0.2, 0.25) is 0 Å². The molecule has 0 aliphatic rings. The second-order valence-corrected chi connectivity index (χ2v) is 6.86. The summed E-state index contributed by atoms with van der Waals surface area (Å²) in [5, 5.41) is 6.73. The Kier molecular flexibility index (Phi) is 10.7. The van der Waals surface area contributed by atoms with Gasteiger partial charge in [-0.1, -0.05) is 19.9 Å². The highest BCUT2D eigenvalue weighted by Gasteiger charge is 2.13. The SMILES string of the molecule is CCOC(CCNC(=NC)NCCc1cn2cccc(C)c2n1)C(C)C.I. The van der Waals surface area contributed by atoms with Gasteiger partial charge in [-0.05, 0) is 37.8 Å². The van der Waals surface area contributed by atoms with Gasteiger partial charge >= 0.3 is 0 Å². The Hall–Kier alpha value is -1.35. The predicted molar refractivity (Wildman–Crippen MR) is 123 cm³/mol. The molecule has 0 bridgehead atoms. The minimum absolute atomic E-state index is 0. The number of aromatic nitrogens is 2. The summed E-state index contributed by atoms with van der Waals surface area (Å²) in [7, 11) is 1.80. The molecule has 0 saturated heterocycles. The fraction of sp³-hybridized carbons (Fsp3) is 0.600. The van der Waals surface area contributed by atoms with Crippen molar-refractivity contribution in [2.75, 3.05) is 26.7 Å². The molecular weight excluding hydrogens is 453 g/mol. The Labute approximate surface area is 180 Å². The summed E-state index contributed by atoms with van der Waals surface area (Å²) < 4.78 is 7.87. The average Bonchev–Trinajstić information content (AvgIpc) is 3.03.